The van der Waals surface area contributed by atoms with Crippen LogP contribution in [0.3, 0.4) is 0 Å². The maximum atomic E-state index is 11.5. The summed E-state index contributed by atoms with van der Waals surface area (Å²) >= 11 is 0. The number of nitrogens with zero attached hydrogens (tertiary/aromatic N) is 1. The maximum absolute atomic E-state index is 11.5. The summed E-state index contributed by atoms with van der Waals surface area (Å²) in [6.45, 7) is 7.58. The van der Waals surface area contributed by atoms with Crippen molar-refractivity contribution in [1.29, 1.82) is 0 Å². The van der Waals surface area contributed by atoms with E-state index in [1.807, 2.05) is 26.0 Å². The number of carbonyl (C=O) groups is 1. The first kappa shape index (κ1) is 15.5. The van der Waals surface area contributed by atoms with Crippen LogP contribution in [0.25, 0.3) is 0 Å². The van der Waals surface area contributed by atoms with E-state index in [0.29, 0.717) is 31.7 Å². The summed E-state index contributed by atoms with van der Waals surface area (Å²) < 4.78 is 6.32. The van der Waals surface area contributed by atoms with Crippen LogP contribution in [0.1, 0.15) is 50.8 Å². The number of para-hydroxylation sites is 1. The zero-order valence-corrected chi connectivity index (χ0v) is 13.6. The third kappa shape index (κ3) is 2.55. The highest BCUT2D eigenvalue weighted by atomic mass is 16.5. The van der Waals surface area contributed by atoms with Crippen molar-refractivity contribution < 1.29 is 14.6 Å². The van der Waals surface area contributed by atoms with E-state index in [9.17, 15) is 9.90 Å². The molecule has 1 N–H and O–H groups in total. The molecular formula is C18H25NO3. The predicted molar refractivity (Wildman–Crippen MR) is 85.1 cm³/mol. The van der Waals surface area contributed by atoms with Crippen molar-refractivity contribution >= 4 is 5.78 Å². The van der Waals surface area contributed by atoms with Gasteiger partial charge in [-0.05, 0) is 25.8 Å². The highest BCUT2D eigenvalue weighted by Gasteiger charge is 2.47. The lowest BCUT2D eigenvalue weighted by molar-refractivity contribution is -0.127. The van der Waals surface area contributed by atoms with E-state index < -0.39 is 11.7 Å². The largest absolute Gasteiger partial charge is 0.485 e. The third-order valence-corrected chi connectivity index (χ3v) is 4.95. The van der Waals surface area contributed by atoms with Crippen LogP contribution in [0.5, 0.6) is 5.75 Å². The van der Waals surface area contributed by atoms with Crippen LogP contribution in [0, 0.1) is 0 Å². The minimum absolute atomic E-state index is 0.125. The van der Waals surface area contributed by atoms with Crippen molar-refractivity contribution in [2.24, 2.45) is 0 Å². The number of likely N-dealkylation sites (tertiary alicyclic amines) is 1. The molecular weight excluding hydrogens is 278 g/mol. The van der Waals surface area contributed by atoms with E-state index in [1.165, 1.54) is 0 Å². The molecule has 0 spiro atoms. The maximum Gasteiger partial charge on any atom is 0.135 e. The number of aryl methyl sites for hydroxylation is 1. The summed E-state index contributed by atoms with van der Waals surface area (Å²) in [7, 11) is 0. The first-order valence-electron chi connectivity index (χ1n) is 8.18. The van der Waals surface area contributed by atoms with Gasteiger partial charge in [-0.1, -0.05) is 25.1 Å². The second kappa shape index (κ2) is 5.67. The van der Waals surface area contributed by atoms with Gasteiger partial charge in [-0.3, -0.25) is 9.69 Å². The standard InChI is InChI=1S/C18H25NO3/c1-4-12-6-5-7-14-15(21)17(18(2,3)22-16(12)14)19-10-8-13(20)9-11-19/h5-7,15,17,21H,4,8-11H2,1-3H3. The van der Waals surface area contributed by atoms with Crippen LogP contribution in [0.2, 0.25) is 0 Å². The highest BCUT2D eigenvalue weighted by molar-refractivity contribution is 5.79. The highest BCUT2D eigenvalue weighted by Crippen LogP contribution is 2.44. The summed E-state index contributed by atoms with van der Waals surface area (Å²) in [6.07, 6.45) is 1.44. The molecule has 4 heteroatoms. The van der Waals surface area contributed by atoms with E-state index in [4.69, 9.17) is 4.74 Å². The second-order valence-corrected chi connectivity index (χ2v) is 6.86. The molecule has 2 atom stereocenters. The molecule has 2 heterocycles. The van der Waals surface area contributed by atoms with Gasteiger partial charge in [0.25, 0.3) is 0 Å². The summed E-state index contributed by atoms with van der Waals surface area (Å²) in [6, 6.07) is 5.87. The number of aliphatic hydroxyl groups excluding tert-OH is 1. The van der Waals surface area contributed by atoms with Gasteiger partial charge in [-0.2, -0.15) is 0 Å². The molecule has 0 bridgehead atoms. The van der Waals surface area contributed by atoms with E-state index in [2.05, 4.69) is 17.9 Å². The van der Waals surface area contributed by atoms with Crippen LogP contribution in [-0.2, 0) is 11.2 Å². The Hall–Kier alpha value is -1.39. The zero-order chi connectivity index (χ0) is 15.9. The molecule has 0 saturated carbocycles. The molecule has 4 nitrogen and oxygen atoms in total. The number of rotatable bonds is 2. The quantitative estimate of drug-likeness (QED) is 0.912. The Labute approximate surface area is 132 Å². The topological polar surface area (TPSA) is 49.8 Å². The van der Waals surface area contributed by atoms with Crippen molar-refractivity contribution in [3.05, 3.63) is 29.3 Å². The van der Waals surface area contributed by atoms with Gasteiger partial charge in [-0.25, -0.2) is 0 Å². The molecule has 120 valence electrons. The second-order valence-electron chi connectivity index (χ2n) is 6.86. The number of piperidine rings is 1. The van der Waals surface area contributed by atoms with Crippen LogP contribution in [0.15, 0.2) is 18.2 Å². The number of hydrogen-bond donors (Lipinski definition) is 1. The first-order valence-corrected chi connectivity index (χ1v) is 8.18. The van der Waals surface area contributed by atoms with Gasteiger partial charge in [0, 0.05) is 31.5 Å². The molecule has 2 unspecified atom stereocenters. The molecule has 0 aromatic heterocycles. The average Bonchev–Trinajstić information content (AvgIpc) is 2.48. The van der Waals surface area contributed by atoms with Gasteiger partial charge < -0.3 is 9.84 Å². The van der Waals surface area contributed by atoms with Crippen molar-refractivity contribution in [1.82, 2.24) is 4.90 Å². The molecule has 0 aliphatic carbocycles. The number of aliphatic hydroxyl groups is 1. The van der Waals surface area contributed by atoms with Gasteiger partial charge in [0.2, 0.25) is 0 Å². The number of Topliss-reactive ketones (excluding diaryl/α,β-unsaturated/α-hetero) is 1. The van der Waals surface area contributed by atoms with Gasteiger partial charge in [0.05, 0.1) is 6.04 Å². The zero-order valence-electron chi connectivity index (χ0n) is 13.6. The number of carbonyl (C=O) groups excluding carboxylic acids is 1. The first-order chi connectivity index (χ1) is 10.4. The fourth-order valence-corrected chi connectivity index (χ4v) is 3.81. The number of benzene rings is 1. The molecule has 2 aliphatic heterocycles. The van der Waals surface area contributed by atoms with Crippen LogP contribution < -0.4 is 4.74 Å². The Balaban J connectivity index is 1.96. The lowest BCUT2D eigenvalue weighted by atomic mass is 9.83. The average molecular weight is 303 g/mol. The van der Waals surface area contributed by atoms with E-state index in [0.717, 1.165) is 23.3 Å². The summed E-state index contributed by atoms with van der Waals surface area (Å²) in [5.41, 5.74) is 1.52. The number of ketones is 1. The molecule has 1 aromatic rings. The van der Waals surface area contributed by atoms with Gasteiger partial charge >= 0.3 is 0 Å². The number of hydrogen-bond acceptors (Lipinski definition) is 4. The third-order valence-electron chi connectivity index (χ3n) is 4.95. The normalized spacial score (nSPS) is 28.1. The minimum atomic E-state index is -0.585. The molecule has 0 radical (unpaired) electrons. The predicted octanol–water partition coefficient (Wildman–Crippen LogP) is 2.49. The van der Waals surface area contributed by atoms with Crippen LogP contribution in [0.4, 0.5) is 0 Å². The lowest BCUT2D eigenvalue weighted by Gasteiger charge is -2.49. The van der Waals surface area contributed by atoms with E-state index >= 15 is 0 Å². The Morgan fingerprint density at radius 3 is 2.64 bits per heavy atom. The van der Waals surface area contributed by atoms with Gasteiger partial charge in [0.15, 0.2) is 0 Å². The van der Waals surface area contributed by atoms with Crippen molar-refractivity contribution in [2.45, 2.75) is 57.8 Å². The molecule has 3 rings (SSSR count). The Kier molecular flexibility index (Phi) is 4.00. The Morgan fingerprint density at radius 1 is 1.32 bits per heavy atom. The molecule has 1 fully saturated rings. The van der Waals surface area contributed by atoms with Gasteiger partial charge in [-0.15, -0.1) is 0 Å². The smallest absolute Gasteiger partial charge is 0.135 e. The monoisotopic (exact) mass is 303 g/mol. The Bertz CT molecular complexity index is 572. The van der Waals surface area contributed by atoms with Crippen LogP contribution >= 0.6 is 0 Å². The van der Waals surface area contributed by atoms with Crippen molar-refractivity contribution in [3.8, 4) is 5.75 Å². The SMILES string of the molecule is CCc1cccc2c1OC(C)(C)C(N1CCC(=O)CC1)C2O. The minimum Gasteiger partial charge on any atom is -0.485 e. The molecule has 0 amide bonds. The summed E-state index contributed by atoms with van der Waals surface area (Å²) in [5, 5.41) is 11.0. The van der Waals surface area contributed by atoms with E-state index in [-0.39, 0.29) is 6.04 Å². The fourth-order valence-electron chi connectivity index (χ4n) is 3.81. The fraction of sp³-hybridized carbons (Fsp3) is 0.611. The van der Waals surface area contributed by atoms with Crippen molar-refractivity contribution in [3.63, 3.8) is 0 Å². The van der Waals surface area contributed by atoms with Gasteiger partial charge in [0.1, 0.15) is 23.2 Å². The molecule has 2 aliphatic rings. The van der Waals surface area contributed by atoms with Crippen molar-refractivity contribution in [2.75, 3.05) is 13.1 Å². The van der Waals surface area contributed by atoms with Crippen LogP contribution in [-0.4, -0.2) is 40.5 Å². The number of fused-ring (bicyclic) bond motifs is 1. The summed E-state index contributed by atoms with van der Waals surface area (Å²) in [5.74, 6) is 1.15. The summed E-state index contributed by atoms with van der Waals surface area (Å²) in [4.78, 5) is 13.7. The Morgan fingerprint density at radius 2 is 2.00 bits per heavy atom. The lowest BCUT2D eigenvalue weighted by Crippen LogP contribution is -2.59. The molecule has 1 saturated heterocycles. The molecule has 22 heavy (non-hydrogen) atoms. The number of ether oxygens (including phenoxy) is 1. The molecule has 1 aromatic carbocycles. The van der Waals surface area contributed by atoms with E-state index in [1.54, 1.807) is 0 Å².